The second-order valence-electron chi connectivity index (χ2n) is 6.11. The molecule has 6 heteroatoms. The van der Waals surface area contributed by atoms with Crippen LogP contribution in [0.1, 0.15) is 40.5 Å². The van der Waals surface area contributed by atoms with Gasteiger partial charge in [0.2, 0.25) is 11.8 Å². The number of piperazine rings is 1. The first-order valence-electron chi connectivity index (χ1n) is 7.51. The Labute approximate surface area is 127 Å². The van der Waals surface area contributed by atoms with Gasteiger partial charge in [0.15, 0.2) is 0 Å². The first-order chi connectivity index (χ1) is 9.79. The van der Waals surface area contributed by atoms with Crippen molar-refractivity contribution in [3.63, 3.8) is 0 Å². The Balaban J connectivity index is 2.63. The highest BCUT2D eigenvalue weighted by Gasteiger charge is 2.50. The summed E-state index contributed by atoms with van der Waals surface area (Å²) in [4.78, 5) is 26.6. The van der Waals surface area contributed by atoms with E-state index in [1.165, 1.54) is 0 Å². The summed E-state index contributed by atoms with van der Waals surface area (Å²) in [6.07, 6.45) is 1.28. The van der Waals surface area contributed by atoms with E-state index in [9.17, 15) is 9.59 Å². The first kappa shape index (κ1) is 17.9. The third-order valence-electron chi connectivity index (χ3n) is 4.15. The molecule has 122 valence electrons. The van der Waals surface area contributed by atoms with Crippen LogP contribution in [0.5, 0.6) is 0 Å². The van der Waals surface area contributed by atoms with Crippen molar-refractivity contribution in [2.45, 2.75) is 51.6 Å². The van der Waals surface area contributed by atoms with Crippen molar-refractivity contribution in [3.05, 3.63) is 0 Å². The van der Waals surface area contributed by atoms with Crippen molar-refractivity contribution in [2.24, 2.45) is 0 Å². The van der Waals surface area contributed by atoms with Crippen LogP contribution in [0, 0.1) is 0 Å². The lowest BCUT2D eigenvalue weighted by Gasteiger charge is -2.48. The summed E-state index contributed by atoms with van der Waals surface area (Å²) < 4.78 is 10.3. The zero-order valence-electron chi connectivity index (χ0n) is 13.8. The number of hydrogen-bond donors (Lipinski definition) is 1. The molecule has 1 fully saturated rings. The van der Waals surface area contributed by atoms with Gasteiger partial charge in [-0.15, -0.1) is 0 Å². The maximum absolute atomic E-state index is 12.7. The highest BCUT2D eigenvalue weighted by Crippen LogP contribution is 2.28. The lowest BCUT2D eigenvalue weighted by molar-refractivity contribution is -0.160. The van der Waals surface area contributed by atoms with Gasteiger partial charge >= 0.3 is 0 Å². The summed E-state index contributed by atoms with van der Waals surface area (Å²) in [5.41, 5.74) is -1.62. The summed E-state index contributed by atoms with van der Waals surface area (Å²) in [5.74, 6) is -0.127. The molecule has 0 aromatic carbocycles. The van der Waals surface area contributed by atoms with Gasteiger partial charge in [-0.1, -0.05) is 6.92 Å². The SMILES string of the molecule is CCC1(C)NC(=O)C(C)(C)N(CCCOCCOC)C1=O. The van der Waals surface area contributed by atoms with Gasteiger partial charge in [0.1, 0.15) is 11.1 Å². The van der Waals surface area contributed by atoms with Crippen LogP contribution in [0.2, 0.25) is 0 Å². The van der Waals surface area contributed by atoms with E-state index >= 15 is 0 Å². The summed E-state index contributed by atoms with van der Waals surface area (Å²) in [6.45, 7) is 9.41. The summed E-state index contributed by atoms with van der Waals surface area (Å²) in [5, 5.41) is 2.85. The summed E-state index contributed by atoms with van der Waals surface area (Å²) in [7, 11) is 1.63. The van der Waals surface area contributed by atoms with Gasteiger partial charge in [-0.05, 0) is 33.6 Å². The van der Waals surface area contributed by atoms with Crippen LogP contribution in [0.25, 0.3) is 0 Å². The highest BCUT2D eigenvalue weighted by molar-refractivity contribution is 6.01. The largest absolute Gasteiger partial charge is 0.382 e. The third-order valence-corrected chi connectivity index (χ3v) is 4.15. The molecule has 1 heterocycles. The van der Waals surface area contributed by atoms with Gasteiger partial charge < -0.3 is 19.7 Å². The Morgan fingerprint density at radius 3 is 2.38 bits per heavy atom. The van der Waals surface area contributed by atoms with Crippen molar-refractivity contribution in [3.8, 4) is 0 Å². The minimum atomic E-state index is -0.821. The number of ether oxygens (including phenoxy) is 2. The molecular formula is C15H28N2O4. The second kappa shape index (κ2) is 7.22. The molecule has 0 spiro atoms. The van der Waals surface area contributed by atoms with Gasteiger partial charge in [0.05, 0.1) is 13.2 Å². The van der Waals surface area contributed by atoms with Crippen LogP contribution in [-0.4, -0.2) is 61.3 Å². The fourth-order valence-electron chi connectivity index (χ4n) is 2.32. The van der Waals surface area contributed by atoms with Crippen LogP contribution in [0.3, 0.4) is 0 Å². The van der Waals surface area contributed by atoms with Gasteiger partial charge in [-0.2, -0.15) is 0 Å². The van der Waals surface area contributed by atoms with Crippen LogP contribution < -0.4 is 5.32 Å². The van der Waals surface area contributed by atoms with E-state index in [1.54, 1.807) is 32.8 Å². The Morgan fingerprint density at radius 2 is 1.81 bits per heavy atom. The zero-order chi connectivity index (χ0) is 16.1. The molecule has 1 atom stereocenters. The van der Waals surface area contributed by atoms with Gasteiger partial charge in [0, 0.05) is 20.3 Å². The zero-order valence-corrected chi connectivity index (χ0v) is 13.8. The summed E-state index contributed by atoms with van der Waals surface area (Å²) >= 11 is 0. The standard InChI is InChI=1S/C15H28N2O4/c1-6-15(4)13(19)17(14(2,3)12(18)16-15)8-7-9-21-11-10-20-5/h6-11H2,1-5H3,(H,16,18). The molecule has 1 saturated heterocycles. The monoisotopic (exact) mass is 300 g/mol. The van der Waals surface area contributed by atoms with Crippen molar-refractivity contribution in [1.29, 1.82) is 0 Å². The van der Waals surface area contributed by atoms with E-state index in [1.807, 2.05) is 6.92 Å². The number of amides is 2. The lowest BCUT2D eigenvalue weighted by atomic mass is 9.86. The van der Waals surface area contributed by atoms with E-state index in [0.717, 1.165) is 0 Å². The minimum absolute atomic E-state index is 0.0218. The first-order valence-corrected chi connectivity index (χ1v) is 7.51. The minimum Gasteiger partial charge on any atom is -0.382 e. The number of carbonyl (C=O) groups excluding carboxylic acids is 2. The topological polar surface area (TPSA) is 67.9 Å². The Morgan fingerprint density at radius 1 is 1.14 bits per heavy atom. The number of nitrogens with one attached hydrogen (secondary N) is 1. The molecule has 6 nitrogen and oxygen atoms in total. The van der Waals surface area contributed by atoms with Crippen molar-refractivity contribution >= 4 is 11.8 Å². The fraction of sp³-hybridized carbons (Fsp3) is 0.867. The number of carbonyl (C=O) groups is 2. The molecule has 2 amide bonds. The Bertz CT molecular complexity index is 384. The molecule has 0 aromatic heterocycles. The van der Waals surface area contributed by atoms with Crippen LogP contribution in [0.15, 0.2) is 0 Å². The van der Waals surface area contributed by atoms with E-state index in [0.29, 0.717) is 39.2 Å². The van der Waals surface area contributed by atoms with Gasteiger partial charge in [0.25, 0.3) is 0 Å². The molecule has 0 aromatic rings. The summed E-state index contributed by atoms with van der Waals surface area (Å²) in [6, 6.07) is 0. The van der Waals surface area contributed by atoms with Gasteiger partial charge in [-0.25, -0.2) is 0 Å². The molecule has 1 rings (SSSR count). The average Bonchev–Trinajstić information content (AvgIpc) is 2.44. The quantitative estimate of drug-likeness (QED) is 0.678. The average molecular weight is 300 g/mol. The van der Waals surface area contributed by atoms with Crippen LogP contribution >= 0.6 is 0 Å². The lowest BCUT2D eigenvalue weighted by Crippen LogP contribution is -2.73. The van der Waals surface area contributed by atoms with E-state index in [2.05, 4.69) is 5.32 Å². The Hall–Kier alpha value is -1.14. The molecule has 21 heavy (non-hydrogen) atoms. The molecular weight excluding hydrogens is 272 g/mol. The van der Waals surface area contributed by atoms with E-state index in [4.69, 9.17) is 9.47 Å². The second-order valence-corrected chi connectivity index (χ2v) is 6.11. The molecule has 0 bridgehead atoms. The number of rotatable bonds is 8. The van der Waals surface area contributed by atoms with Crippen LogP contribution in [0.4, 0.5) is 0 Å². The van der Waals surface area contributed by atoms with E-state index in [-0.39, 0.29) is 11.8 Å². The number of methoxy groups -OCH3 is 1. The predicted octanol–water partition coefficient (Wildman–Crippen LogP) is 0.945. The number of hydrogen-bond acceptors (Lipinski definition) is 4. The highest BCUT2D eigenvalue weighted by atomic mass is 16.5. The molecule has 0 aliphatic carbocycles. The predicted molar refractivity (Wildman–Crippen MR) is 79.9 cm³/mol. The Kier molecular flexibility index (Phi) is 6.16. The fourth-order valence-corrected chi connectivity index (χ4v) is 2.32. The molecule has 0 saturated carbocycles. The molecule has 0 radical (unpaired) electrons. The molecule has 1 aliphatic rings. The molecule has 1 aliphatic heterocycles. The molecule has 1 unspecified atom stereocenters. The maximum Gasteiger partial charge on any atom is 0.248 e. The molecule has 1 N–H and O–H groups in total. The van der Waals surface area contributed by atoms with Gasteiger partial charge in [-0.3, -0.25) is 9.59 Å². The maximum atomic E-state index is 12.7. The normalized spacial score (nSPS) is 25.1. The van der Waals surface area contributed by atoms with Crippen molar-refractivity contribution in [2.75, 3.05) is 33.5 Å². The van der Waals surface area contributed by atoms with E-state index < -0.39 is 11.1 Å². The van der Waals surface area contributed by atoms with Crippen LogP contribution in [-0.2, 0) is 19.1 Å². The van der Waals surface area contributed by atoms with Crippen molar-refractivity contribution in [1.82, 2.24) is 10.2 Å². The number of nitrogens with zero attached hydrogens (tertiary/aromatic N) is 1. The smallest absolute Gasteiger partial charge is 0.248 e. The van der Waals surface area contributed by atoms with Crippen molar-refractivity contribution < 1.29 is 19.1 Å². The third kappa shape index (κ3) is 3.95.